The third-order valence-electron chi connectivity index (χ3n) is 5.09. The third kappa shape index (κ3) is 4.97. The molecule has 2 aliphatic heterocycles. The standard InChI is InChI=1S/C17H26N4O3S2/c1-2-19-5-7-20(8-6-19)11-13-3-4-15(22)21(13)9-10-25-17-18-14(12-26-17)16(23)24/h12-13H,2-11H2,1H3,(H,23,24)/t13-/m1/s1. The van der Waals surface area contributed by atoms with Crippen LogP contribution in [0, 0.1) is 0 Å². The van der Waals surface area contributed by atoms with E-state index in [1.54, 1.807) is 5.38 Å². The third-order valence-corrected chi connectivity index (χ3v) is 7.09. The molecule has 0 bridgehead atoms. The van der Waals surface area contributed by atoms with Crippen molar-refractivity contribution in [2.45, 2.75) is 30.1 Å². The minimum atomic E-state index is -0.994. The molecule has 2 fully saturated rings. The van der Waals surface area contributed by atoms with Crippen LogP contribution < -0.4 is 0 Å². The number of hydrogen-bond donors (Lipinski definition) is 1. The number of likely N-dealkylation sites (tertiary alicyclic amines) is 1. The molecule has 1 N–H and O–H groups in total. The Morgan fingerprint density at radius 1 is 1.35 bits per heavy atom. The molecule has 0 aromatic carbocycles. The van der Waals surface area contributed by atoms with Gasteiger partial charge in [0.25, 0.3) is 0 Å². The van der Waals surface area contributed by atoms with E-state index in [4.69, 9.17) is 5.11 Å². The first-order valence-electron chi connectivity index (χ1n) is 9.12. The van der Waals surface area contributed by atoms with E-state index < -0.39 is 5.97 Å². The number of nitrogens with zero attached hydrogens (tertiary/aromatic N) is 4. The number of carboxylic acids is 1. The van der Waals surface area contributed by atoms with Gasteiger partial charge < -0.3 is 14.9 Å². The van der Waals surface area contributed by atoms with Crippen molar-refractivity contribution in [2.75, 3.05) is 51.6 Å². The molecule has 1 aromatic heterocycles. The van der Waals surface area contributed by atoms with E-state index in [9.17, 15) is 9.59 Å². The molecule has 0 saturated carbocycles. The highest BCUT2D eigenvalue weighted by molar-refractivity contribution is 8.01. The van der Waals surface area contributed by atoms with Crippen LogP contribution >= 0.6 is 23.1 Å². The second-order valence-corrected chi connectivity index (χ2v) is 8.87. The van der Waals surface area contributed by atoms with Gasteiger partial charge in [-0.05, 0) is 13.0 Å². The normalized spacial score (nSPS) is 22.3. The quantitative estimate of drug-likeness (QED) is 0.666. The number of thiazole rings is 1. The first-order valence-corrected chi connectivity index (χ1v) is 11.0. The van der Waals surface area contributed by atoms with Gasteiger partial charge in [-0.25, -0.2) is 9.78 Å². The maximum atomic E-state index is 12.3. The number of carboxylic acid groups (broad SMARTS) is 1. The van der Waals surface area contributed by atoms with Gasteiger partial charge in [0.1, 0.15) is 0 Å². The van der Waals surface area contributed by atoms with Crippen LogP contribution in [0.3, 0.4) is 0 Å². The van der Waals surface area contributed by atoms with Crippen molar-refractivity contribution in [1.29, 1.82) is 0 Å². The van der Waals surface area contributed by atoms with Crippen molar-refractivity contribution < 1.29 is 14.7 Å². The van der Waals surface area contributed by atoms with Gasteiger partial charge in [0.2, 0.25) is 5.91 Å². The molecule has 7 nitrogen and oxygen atoms in total. The average Bonchev–Trinajstić information content (AvgIpc) is 3.24. The predicted octanol–water partition coefficient (Wildman–Crippen LogP) is 1.56. The fraction of sp³-hybridized carbons (Fsp3) is 0.706. The van der Waals surface area contributed by atoms with E-state index in [-0.39, 0.29) is 11.6 Å². The molecule has 0 radical (unpaired) electrons. The molecule has 9 heteroatoms. The summed E-state index contributed by atoms with van der Waals surface area (Å²) in [5.41, 5.74) is 0.0962. The van der Waals surface area contributed by atoms with Crippen LogP contribution in [-0.2, 0) is 4.79 Å². The molecule has 3 heterocycles. The molecule has 144 valence electrons. The molecule has 0 spiro atoms. The van der Waals surface area contributed by atoms with E-state index in [0.717, 1.165) is 55.8 Å². The number of carbonyl (C=O) groups excluding carboxylic acids is 1. The van der Waals surface area contributed by atoms with Crippen LogP contribution in [0.4, 0.5) is 0 Å². The van der Waals surface area contributed by atoms with Crippen LogP contribution in [-0.4, -0.2) is 94.3 Å². The van der Waals surface area contributed by atoms with Crippen LogP contribution in [0.1, 0.15) is 30.3 Å². The zero-order chi connectivity index (χ0) is 18.5. The summed E-state index contributed by atoms with van der Waals surface area (Å²) in [4.78, 5) is 34.2. The van der Waals surface area contributed by atoms with Gasteiger partial charge >= 0.3 is 5.97 Å². The lowest BCUT2D eigenvalue weighted by molar-refractivity contribution is -0.128. The van der Waals surface area contributed by atoms with Gasteiger partial charge in [-0.15, -0.1) is 11.3 Å². The molecule has 2 saturated heterocycles. The predicted molar refractivity (Wildman–Crippen MR) is 103 cm³/mol. The molecule has 3 rings (SSSR count). The zero-order valence-electron chi connectivity index (χ0n) is 15.1. The molecule has 1 aromatic rings. The highest BCUT2D eigenvalue weighted by Crippen LogP contribution is 2.25. The topological polar surface area (TPSA) is 77.0 Å². The first-order chi connectivity index (χ1) is 12.6. The van der Waals surface area contributed by atoms with Gasteiger partial charge in [-0.1, -0.05) is 18.7 Å². The summed E-state index contributed by atoms with van der Waals surface area (Å²) >= 11 is 2.88. The minimum Gasteiger partial charge on any atom is -0.476 e. The lowest BCUT2D eigenvalue weighted by Gasteiger charge is -2.37. The SMILES string of the molecule is CCN1CCN(C[C@H]2CCC(=O)N2CCSc2nc(C(=O)O)cs2)CC1. The van der Waals surface area contributed by atoms with Gasteiger partial charge in [0.05, 0.1) is 0 Å². The Kier molecular flexibility index (Phi) is 6.91. The monoisotopic (exact) mass is 398 g/mol. The van der Waals surface area contributed by atoms with Crippen molar-refractivity contribution >= 4 is 35.0 Å². The van der Waals surface area contributed by atoms with Crippen LogP contribution in [0.2, 0.25) is 0 Å². The van der Waals surface area contributed by atoms with E-state index in [2.05, 4.69) is 21.7 Å². The van der Waals surface area contributed by atoms with Gasteiger partial charge in [0, 0.05) is 62.9 Å². The van der Waals surface area contributed by atoms with Crippen LogP contribution in [0.5, 0.6) is 0 Å². The Morgan fingerprint density at radius 2 is 2.08 bits per heavy atom. The number of hydrogen-bond acceptors (Lipinski definition) is 7. The lowest BCUT2D eigenvalue weighted by atomic mass is 10.2. The van der Waals surface area contributed by atoms with Crippen molar-refractivity contribution in [3.05, 3.63) is 11.1 Å². The van der Waals surface area contributed by atoms with E-state index in [0.29, 0.717) is 19.0 Å². The molecular weight excluding hydrogens is 372 g/mol. The average molecular weight is 399 g/mol. The van der Waals surface area contributed by atoms with Crippen LogP contribution in [0.25, 0.3) is 0 Å². The summed E-state index contributed by atoms with van der Waals surface area (Å²) in [6.45, 7) is 9.37. The number of carbonyl (C=O) groups is 2. The summed E-state index contributed by atoms with van der Waals surface area (Å²) in [5.74, 6) is -0.00229. The fourth-order valence-corrected chi connectivity index (χ4v) is 5.34. The Labute approximate surface area is 162 Å². The number of piperazine rings is 1. The summed E-state index contributed by atoms with van der Waals surface area (Å²) < 4.78 is 0.751. The molecular formula is C17H26N4O3S2. The molecule has 0 aliphatic carbocycles. The fourth-order valence-electron chi connectivity index (χ4n) is 3.53. The van der Waals surface area contributed by atoms with Crippen molar-refractivity contribution in [2.24, 2.45) is 0 Å². The van der Waals surface area contributed by atoms with Crippen molar-refractivity contribution in [3.8, 4) is 0 Å². The molecule has 26 heavy (non-hydrogen) atoms. The maximum absolute atomic E-state index is 12.3. The Bertz CT molecular complexity index is 631. The molecule has 1 atom stereocenters. The van der Waals surface area contributed by atoms with E-state index in [1.165, 1.54) is 23.1 Å². The van der Waals surface area contributed by atoms with Gasteiger partial charge in [-0.2, -0.15) is 0 Å². The minimum absolute atomic E-state index is 0.0962. The van der Waals surface area contributed by atoms with Crippen molar-refractivity contribution in [1.82, 2.24) is 19.7 Å². The number of aromatic nitrogens is 1. The molecule has 2 aliphatic rings. The second-order valence-electron chi connectivity index (χ2n) is 6.67. The zero-order valence-corrected chi connectivity index (χ0v) is 16.7. The Balaban J connectivity index is 1.46. The second kappa shape index (κ2) is 9.16. The largest absolute Gasteiger partial charge is 0.476 e. The lowest BCUT2D eigenvalue weighted by Crippen LogP contribution is -2.50. The summed E-state index contributed by atoms with van der Waals surface area (Å²) in [6, 6.07) is 0.308. The summed E-state index contributed by atoms with van der Waals surface area (Å²) in [6.07, 6.45) is 1.59. The smallest absolute Gasteiger partial charge is 0.355 e. The summed E-state index contributed by atoms with van der Waals surface area (Å²) in [5, 5.41) is 10.5. The Morgan fingerprint density at radius 3 is 2.73 bits per heavy atom. The van der Waals surface area contributed by atoms with Gasteiger partial charge in [0.15, 0.2) is 10.0 Å². The summed E-state index contributed by atoms with van der Waals surface area (Å²) in [7, 11) is 0. The number of rotatable bonds is 8. The van der Waals surface area contributed by atoms with E-state index >= 15 is 0 Å². The number of thioether (sulfide) groups is 1. The first kappa shape index (κ1) is 19.6. The number of amides is 1. The Hall–Kier alpha value is -1.16. The van der Waals surface area contributed by atoms with Gasteiger partial charge in [-0.3, -0.25) is 9.69 Å². The van der Waals surface area contributed by atoms with Crippen LogP contribution in [0.15, 0.2) is 9.72 Å². The number of aromatic carboxylic acids is 1. The maximum Gasteiger partial charge on any atom is 0.355 e. The van der Waals surface area contributed by atoms with E-state index in [1.807, 2.05) is 4.90 Å². The number of likely N-dealkylation sites (N-methyl/N-ethyl adjacent to an activating group) is 1. The van der Waals surface area contributed by atoms with Crippen molar-refractivity contribution in [3.63, 3.8) is 0 Å². The molecule has 1 amide bonds. The highest BCUT2D eigenvalue weighted by atomic mass is 32.2. The highest BCUT2D eigenvalue weighted by Gasteiger charge is 2.32. The molecule has 0 unspecified atom stereocenters.